The maximum atomic E-state index is 13.9. The fourth-order valence-electron chi connectivity index (χ4n) is 2.93. The van der Waals surface area contributed by atoms with Crippen LogP contribution in [-0.2, 0) is 11.2 Å². The largest absolute Gasteiger partial charge is 0.490 e. The lowest BCUT2D eigenvalue weighted by atomic mass is 10.1. The third-order valence-electron chi connectivity index (χ3n) is 4.49. The molecule has 1 aromatic heterocycles. The number of carbonyl (C=O) groups excluding carboxylic acids is 1. The van der Waals surface area contributed by atoms with Gasteiger partial charge in [-0.3, -0.25) is 4.79 Å². The molecule has 0 atom stereocenters. The lowest BCUT2D eigenvalue weighted by Gasteiger charge is -2.12. The van der Waals surface area contributed by atoms with Gasteiger partial charge < -0.3 is 20.6 Å². The number of fused-ring (bicyclic) bond motifs is 1. The number of hydrogen-bond donors (Lipinski definition) is 2. The fraction of sp³-hybridized carbons (Fsp3) is 0.250. The molecule has 11 heteroatoms. The Balaban J connectivity index is 1.38. The Kier molecular flexibility index (Phi) is 6.47. The quantitative estimate of drug-likeness (QED) is 0.427. The minimum Gasteiger partial charge on any atom is -0.490 e. The number of thioether (sulfide) groups is 1. The number of amides is 1. The summed E-state index contributed by atoms with van der Waals surface area (Å²) in [6.45, 7) is 1.07. The zero-order valence-electron chi connectivity index (χ0n) is 16.3. The van der Waals surface area contributed by atoms with Gasteiger partial charge >= 0.3 is 0 Å². The second kappa shape index (κ2) is 9.44. The van der Waals surface area contributed by atoms with Gasteiger partial charge in [0, 0.05) is 25.0 Å². The van der Waals surface area contributed by atoms with Gasteiger partial charge in [0.05, 0.1) is 29.7 Å². The van der Waals surface area contributed by atoms with Crippen LogP contribution >= 0.6 is 23.4 Å². The highest BCUT2D eigenvalue weighted by Gasteiger charge is 2.17. The third-order valence-corrected chi connectivity index (χ3v) is 5.74. The summed E-state index contributed by atoms with van der Waals surface area (Å²) in [5.41, 5.74) is 0.880. The molecule has 0 saturated carbocycles. The molecule has 31 heavy (non-hydrogen) atoms. The molecule has 2 aromatic carbocycles. The predicted molar refractivity (Wildman–Crippen MR) is 116 cm³/mol. The van der Waals surface area contributed by atoms with E-state index in [1.165, 1.54) is 10.7 Å². The zero-order chi connectivity index (χ0) is 21.8. The normalized spacial score (nSPS) is 13.0. The van der Waals surface area contributed by atoms with Crippen LogP contribution in [0, 0.1) is 5.82 Å². The topological polar surface area (TPSA) is 104 Å². The Morgan fingerprint density at radius 1 is 1.23 bits per heavy atom. The number of nitrogens with zero attached hydrogens (tertiary/aromatic N) is 3. The van der Waals surface area contributed by atoms with E-state index in [-0.39, 0.29) is 23.9 Å². The number of nitrogens with two attached hydrogens (primary N) is 1. The van der Waals surface area contributed by atoms with Crippen molar-refractivity contribution in [3.05, 3.63) is 58.6 Å². The maximum Gasteiger partial charge on any atom is 0.234 e. The van der Waals surface area contributed by atoms with Crippen molar-refractivity contribution in [3.8, 4) is 11.5 Å². The van der Waals surface area contributed by atoms with Gasteiger partial charge in [-0.1, -0.05) is 41.6 Å². The molecule has 0 saturated heterocycles. The fourth-order valence-corrected chi connectivity index (χ4v) is 3.81. The van der Waals surface area contributed by atoms with Gasteiger partial charge in [-0.25, -0.2) is 9.07 Å². The molecular weight excluding hydrogens is 445 g/mol. The van der Waals surface area contributed by atoms with Gasteiger partial charge in [0.2, 0.25) is 11.1 Å². The van der Waals surface area contributed by atoms with Crippen LogP contribution in [0.2, 0.25) is 5.02 Å². The summed E-state index contributed by atoms with van der Waals surface area (Å²) < 4.78 is 26.3. The summed E-state index contributed by atoms with van der Waals surface area (Å²) in [4.78, 5) is 12.4. The number of nitrogen functional groups attached to an aromatic ring is 1. The van der Waals surface area contributed by atoms with Gasteiger partial charge in [0.25, 0.3) is 0 Å². The lowest BCUT2D eigenvalue weighted by molar-refractivity contribution is -0.113. The van der Waals surface area contributed by atoms with Crippen LogP contribution < -0.4 is 20.6 Å². The molecule has 3 aromatic rings. The summed E-state index contributed by atoms with van der Waals surface area (Å²) in [5, 5.41) is 11.4. The average molecular weight is 464 g/mol. The molecule has 162 valence electrons. The molecule has 2 heterocycles. The van der Waals surface area contributed by atoms with Crippen molar-refractivity contribution in [1.82, 2.24) is 14.9 Å². The smallest absolute Gasteiger partial charge is 0.234 e. The first kappa shape index (κ1) is 21.3. The standard InChI is InChI=1S/C20H19ClFN5O3S/c21-13-9-16-17(30-7-3-6-29-16)10-15(13)24-19(28)11-31-20-26-25-18(27(20)23)8-12-4-1-2-5-14(12)22/h1-2,4-5,9-10H,3,6-8,11,23H2,(H,24,28). The van der Waals surface area contributed by atoms with E-state index < -0.39 is 0 Å². The molecule has 3 N–H and O–H groups in total. The Morgan fingerprint density at radius 2 is 1.97 bits per heavy atom. The Bertz CT molecular complexity index is 1110. The zero-order valence-corrected chi connectivity index (χ0v) is 17.9. The van der Waals surface area contributed by atoms with Gasteiger partial charge in [-0.15, -0.1) is 10.2 Å². The van der Waals surface area contributed by atoms with E-state index in [4.69, 9.17) is 26.9 Å². The predicted octanol–water partition coefficient (Wildman–Crippen LogP) is 3.27. The van der Waals surface area contributed by atoms with E-state index in [2.05, 4.69) is 15.5 Å². The SMILES string of the molecule is Nn1c(Cc2ccccc2F)nnc1SCC(=O)Nc1cc2c(cc1Cl)OCCCO2. The molecule has 0 radical (unpaired) electrons. The van der Waals surface area contributed by atoms with Crippen LogP contribution in [-0.4, -0.2) is 39.7 Å². The molecule has 0 aliphatic carbocycles. The number of halogens is 2. The van der Waals surface area contributed by atoms with Crippen LogP contribution in [0.25, 0.3) is 0 Å². The average Bonchev–Trinajstić information content (AvgIpc) is 2.94. The first-order valence-corrected chi connectivity index (χ1v) is 10.8. The molecule has 0 unspecified atom stereocenters. The van der Waals surface area contributed by atoms with Crippen LogP contribution in [0.3, 0.4) is 0 Å². The van der Waals surface area contributed by atoms with Crippen LogP contribution in [0.4, 0.5) is 10.1 Å². The van der Waals surface area contributed by atoms with E-state index in [1.54, 1.807) is 30.3 Å². The lowest BCUT2D eigenvalue weighted by Crippen LogP contribution is -2.17. The van der Waals surface area contributed by atoms with Crippen molar-refractivity contribution in [2.75, 3.05) is 30.1 Å². The first-order valence-electron chi connectivity index (χ1n) is 9.46. The summed E-state index contributed by atoms with van der Waals surface area (Å²) in [6.07, 6.45) is 0.957. The highest BCUT2D eigenvalue weighted by Crippen LogP contribution is 2.37. The molecule has 1 amide bonds. The van der Waals surface area contributed by atoms with Crippen LogP contribution in [0.5, 0.6) is 11.5 Å². The monoisotopic (exact) mass is 463 g/mol. The van der Waals surface area contributed by atoms with Crippen molar-refractivity contribution in [3.63, 3.8) is 0 Å². The van der Waals surface area contributed by atoms with E-state index >= 15 is 0 Å². The maximum absolute atomic E-state index is 13.9. The van der Waals surface area contributed by atoms with Gasteiger partial charge in [-0.05, 0) is 11.6 Å². The van der Waals surface area contributed by atoms with Crippen molar-refractivity contribution < 1.29 is 18.7 Å². The second-order valence-corrected chi connectivity index (χ2v) is 8.05. The minimum atomic E-state index is -0.342. The molecule has 4 rings (SSSR count). The Hall–Kier alpha value is -2.98. The third kappa shape index (κ3) is 5.02. The van der Waals surface area contributed by atoms with Crippen molar-refractivity contribution in [2.24, 2.45) is 0 Å². The van der Waals surface area contributed by atoms with E-state index in [0.717, 1.165) is 18.2 Å². The minimum absolute atomic E-state index is 0.0276. The molecular formula is C20H19ClFN5O3S. The highest BCUT2D eigenvalue weighted by atomic mass is 35.5. The van der Waals surface area contributed by atoms with E-state index in [1.807, 2.05) is 0 Å². The number of carbonyl (C=O) groups is 1. The summed E-state index contributed by atoms with van der Waals surface area (Å²) >= 11 is 7.37. The summed E-state index contributed by atoms with van der Waals surface area (Å²) in [7, 11) is 0. The number of anilines is 1. The molecule has 8 nitrogen and oxygen atoms in total. The molecule has 0 bridgehead atoms. The van der Waals surface area contributed by atoms with Gasteiger partial charge in [0.1, 0.15) is 5.82 Å². The Labute approximate surface area is 186 Å². The number of benzene rings is 2. The second-order valence-electron chi connectivity index (χ2n) is 6.70. The van der Waals surface area contributed by atoms with Gasteiger partial charge in [-0.2, -0.15) is 0 Å². The molecule has 0 fully saturated rings. The number of rotatable bonds is 6. The van der Waals surface area contributed by atoms with Crippen LogP contribution in [0.1, 0.15) is 17.8 Å². The Morgan fingerprint density at radius 3 is 2.74 bits per heavy atom. The number of aromatic nitrogens is 3. The summed E-state index contributed by atoms with van der Waals surface area (Å²) in [5.74, 6) is 6.87. The molecule has 1 aliphatic heterocycles. The first-order chi connectivity index (χ1) is 15.0. The number of nitrogens with one attached hydrogen (secondary N) is 1. The van der Waals surface area contributed by atoms with Crippen LogP contribution in [0.15, 0.2) is 41.6 Å². The molecule has 1 aliphatic rings. The van der Waals surface area contributed by atoms with Crippen molar-refractivity contribution in [2.45, 2.75) is 18.0 Å². The van der Waals surface area contributed by atoms with Crippen molar-refractivity contribution in [1.29, 1.82) is 0 Å². The van der Waals surface area contributed by atoms with E-state index in [0.29, 0.717) is 52.0 Å². The van der Waals surface area contributed by atoms with Gasteiger partial charge in [0.15, 0.2) is 17.3 Å². The highest BCUT2D eigenvalue weighted by molar-refractivity contribution is 7.99. The van der Waals surface area contributed by atoms with E-state index in [9.17, 15) is 9.18 Å². The summed E-state index contributed by atoms with van der Waals surface area (Å²) in [6, 6.07) is 9.64. The number of hydrogen-bond acceptors (Lipinski definition) is 7. The van der Waals surface area contributed by atoms with Crippen molar-refractivity contribution >= 4 is 35.0 Å². The number of ether oxygens (including phenoxy) is 2. The molecule has 0 spiro atoms.